The van der Waals surface area contributed by atoms with Crippen LogP contribution in [0.1, 0.15) is 30.8 Å². The number of aromatic amines is 1. The number of Topliss-reactive ketones (excluding diaryl/α,β-unsaturated/α-hetero) is 1. The highest BCUT2D eigenvalue weighted by Crippen LogP contribution is 2.34. The van der Waals surface area contributed by atoms with E-state index in [1.54, 1.807) is 19.0 Å². The lowest BCUT2D eigenvalue weighted by Gasteiger charge is -2.16. The van der Waals surface area contributed by atoms with Crippen LogP contribution in [0.15, 0.2) is 46.1 Å². The second-order valence-corrected chi connectivity index (χ2v) is 12.2. The molecule has 0 fully saturated rings. The number of sulfonamides is 1. The van der Waals surface area contributed by atoms with Gasteiger partial charge in [-0.1, -0.05) is 61.3 Å². The van der Waals surface area contributed by atoms with E-state index >= 15 is 0 Å². The molecule has 0 bridgehead atoms. The van der Waals surface area contributed by atoms with Crippen molar-refractivity contribution < 1.29 is 13.2 Å². The Labute approximate surface area is 247 Å². The van der Waals surface area contributed by atoms with E-state index in [9.17, 15) is 18.0 Å². The molecule has 14 heteroatoms. The van der Waals surface area contributed by atoms with Gasteiger partial charge >= 0.3 is 0 Å². The van der Waals surface area contributed by atoms with Crippen molar-refractivity contribution in [3.8, 4) is 5.69 Å². The van der Waals surface area contributed by atoms with Gasteiger partial charge in [0.1, 0.15) is 16.9 Å². The van der Waals surface area contributed by atoms with Crippen molar-refractivity contribution in [2.45, 2.75) is 31.6 Å². The van der Waals surface area contributed by atoms with Gasteiger partial charge in [0.15, 0.2) is 17.2 Å². The standard InChI is InChI=1S/C27H31Cl2N7O4S/c1-5-35(6-2)15-18(37)11-16-7-9-17(10-8-16)12-22-31-25-23(27(38)32-22)26(34(3)4)33-36(25)24-20(28)13-19(14-21(24)29)41(30,39)40/h7-10,13-14H,5-6,11-12,15H2,1-4H3,(H2,30,39,40)(H,31,32,38). The van der Waals surface area contributed by atoms with Crippen molar-refractivity contribution >= 4 is 55.9 Å². The highest BCUT2D eigenvalue weighted by atomic mass is 35.5. The fraction of sp³-hybridized carbons (Fsp3) is 0.333. The molecule has 0 saturated heterocycles. The Bertz CT molecular complexity index is 1740. The van der Waals surface area contributed by atoms with E-state index in [-0.39, 0.29) is 37.4 Å². The van der Waals surface area contributed by atoms with Crippen molar-refractivity contribution in [1.82, 2.24) is 24.6 Å². The third kappa shape index (κ3) is 6.79. The number of carbonyl (C=O) groups excluding carboxylic acids is 1. The number of nitrogens with two attached hydrogens (primary N) is 1. The monoisotopic (exact) mass is 619 g/mol. The van der Waals surface area contributed by atoms with E-state index in [2.05, 4.69) is 20.0 Å². The Morgan fingerprint density at radius 2 is 1.63 bits per heavy atom. The maximum absolute atomic E-state index is 13.2. The van der Waals surface area contributed by atoms with Crippen molar-refractivity contribution in [1.29, 1.82) is 0 Å². The van der Waals surface area contributed by atoms with Gasteiger partial charge in [-0.05, 0) is 36.3 Å². The van der Waals surface area contributed by atoms with Gasteiger partial charge in [0.05, 0.1) is 21.5 Å². The number of anilines is 1. The molecule has 0 saturated carbocycles. The molecule has 41 heavy (non-hydrogen) atoms. The van der Waals surface area contributed by atoms with Gasteiger partial charge in [-0.3, -0.25) is 14.5 Å². The second kappa shape index (κ2) is 12.3. The lowest BCUT2D eigenvalue weighted by molar-refractivity contribution is -0.119. The third-order valence-electron chi connectivity index (χ3n) is 6.61. The summed E-state index contributed by atoms with van der Waals surface area (Å²) in [7, 11) is -0.615. The smallest absolute Gasteiger partial charge is 0.264 e. The molecule has 0 spiro atoms. The Hall–Kier alpha value is -3.29. The lowest BCUT2D eigenvalue weighted by atomic mass is 10.0. The summed E-state index contributed by atoms with van der Waals surface area (Å²) >= 11 is 12.9. The molecular formula is C27H31Cl2N7O4S. The first-order valence-corrected chi connectivity index (χ1v) is 15.2. The summed E-state index contributed by atoms with van der Waals surface area (Å²) in [4.78, 5) is 36.7. The highest BCUT2D eigenvalue weighted by Gasteiger charge is 2.24. The maximum Gasteiger partial charge on any atom is 0.264 e. The summed E-state index contributed by atoms with van der Waals surface area (Å²) in [6, 6.07) is 9.92. The molecule has 2 aromatic carbocycles. The zero-order valence-corrected chi connectivity index (χ0v) is 25.4. The van der Waals surface area contributed by atoms with Crippen molar-refractivity contribution in [2.24, 2.45) is 5.14 Å². The molecule has 0 amide bonds. The normalized spacial score (nSPS) is 11.9. The fourth-order valence-electron chi connectivity index (χ4n) is 4.46. The fourth-order valence-corrected chi connectivity index (χ4v) is 5.80. The van der Waals surface area contributed by atoms with Crippen LogP contribution in [0.2, 0.25) is 10.0 Å². The number of fused-ring (bicyclic) bond motifs is 1. The number of aromatic nitrogens is 4. The molecule has 0 aliphatic rings. The van der Waals surface area contributed by atoms with Crippen LogP contribution < -0.4 is 15.6 Å². The van der Waals surface area contributed by atoms with Gasteiger partial charge in [-0.25, -0.2) is 23.2 Å². The molecule has 11 nitrogen and oxygen atoms in total. The van der Waals surface area contributed by atoms with E-state index in [1.165, 1.54) is 16.8 Å². The number of hydrogen-bond acceptors (Lipinski definition) is 8. The number of halogens is 2. The molecule has 4 aromatic rings. The quantitative estimate of drug-likeness (QED) is 0.260. The molecule has 2 aromatic heterocycles. The number of likely N-dealkylation sites (N-methyl/N-ethyl adjacent to an activating group) is 1. The minimum atomic E-state index is -4.06. The van der Waals surface area contributed by atoms with Crippen molar-refractivity contribution in [3.05, 3.63) is 73.7 Å². The first-order valence-electron chi connectivity index (χ1n) is 12.9. The van der Waals surface area contributed by atoms with Crippen LogP contribution in [0, 0.1) is 0 Å². The topological polar surface area (TPSA) is 147 Å². The van der Waals surface area contributed by atoms with E-state index in [1.807, 2.05) is 38.1 Å². The molecule has 0 unspecified atom stereocenters. The van der Waals surface area contributed by atoms with Gasteiger partial charge in [0.25, 0.3) is 5.56 Å². The minimum absolute atomic E-state index is 0.0361. The Balaban J connectivity index is 1.70. The van der Waals surface area contributed by atoms with Gasteiger partial charge in [-0.15, -0.1) is 5.10 Å². The largest absolute Gasteiger partial charge is 0.361 e. The Morgan fingerprint density at radius 1 is 1.05 bits per heavy atom. The van der Waals surface area contributed by atoms with Crippen LogP contribution in [0.4, 0.5) is 5.82 Å². The highest BCUT2D eigenvalue weighted by molar-refractivity contribution is 7.89. The first-order chi connectivity index (χ1) is 19.3. The number of nitrogens with zero attached hydrogens (tertiary/aromatic N) is 5. The summed E-state index contributed by atoms with van der Waals surface area (Å²) in [5.41, 5.74) is 1.72. The van der Waals surface area contributed by atoms with Crippen LogP contribution in [-0.2, 0) is 27.7 Å². The molecule has 0 aliphatic carbocycles. The number of rotatable bonds is 11. The zero-order valence-electron chi connectivity index (χ0n) is 23.1. The Morgan fingerprint density at radius 3 is 2.17 bits per heavy atom. The first kappa shape index (κ1) is 30.7. The van der Waals surface area contributed by atoms with E-state index in [4.69, 9.17) is 28.3 Å². The lowest BCUT2D eigenvalue weighted by Crippen LogP contribution is -2.30. The number of H-pyrrole nitrogens is 1. The molecule has 0 aliphatic heterocycles. The minimum Gasteiger partial charge on any atom is -0.361 e. The molecular weight excluding hydrogens is 589 g/mol. The second-order valence-electron chi connectivity index (χ2n) is 9.79. The van der Waals surface area contributed by atoms with E-state index in [0.29, 0.717) is 31.0 Å². The molecule has 3 N–H and O–H groups in total. The third-order valence-corrected chi connectivity index (χ3v) is 8.08. The molecule has 2 heterocycles. The average molecular weight is 621 g/mol. The molecule has 218 valence electrons. The number of ketones is 1. The molecule has 0 radical (unpaired) electrons. The Kier molecular flexibility index (Phi) is 9.19. The average Bonchev–Trinajstić information content (AvgIpc) is 3.27. The van der Waals surface area contributed by atoms with Crippen LogP contribution in [0.3, 0.4) is 0 Å². The summed E-state index contributed by atoms with van der Waals surface area (Å²) in [6.45, 7) is 6.13. The van der Waals surface area contributed by atoms with Gasteiger partial charge < -0.3 is 9.88 Å². The van der Waals surface area contributed by atoms with Crippen LogP contribution in [0.25, 0.3) is 16.7 Å². The summed E-state index contributed by atoms with van der Waals surface area (Å²) in [6.07, 6.45) is 0.642. The summed E-state index contributed by atoms with van der Waals surface area (Å²) in [5.74, 6) is 0.840. The van der Waals surface area contributed by atoms with E-state index < -0.39 is 15.6 Å². The molecule has 4 rings (SSSR count). The van der Waals surface area contributed by atoms with Crippen LogP contribution >= 0.6 is 23.2 Å². The molecule has 0 atom stereocenters. The maximum atomic E-state index is 13.2. The van der Waals surface area contributed by atoms with Gasteiger partial charge in [0.2, 0.25) is 10.0 Å². The number of carbonyl (C=O) groups is 1. The zero-order chi connectivity index (χ0) is 30.1. The number of hydrogen-bond donors (Lipinski definition) is 2. The number of primary sulfonamides is 1. The van der Waals surface area contributed by atoms with Crippen LogP contribution in [-0.4, -0.2) is 72.6 Å². The van der Waals surface area contributed by atoms with Crippen molar-refractivity contribution in [3.63, 3.8) is 0 Å². The SMILES string of the molecule is CCN(CC)CC(=O)Cc1ccc(Cc2nc3c(c(N(C)C)nn3-c3c(Cl)cc(S(N)(=O)=O)cc3Cl)c(=O)[nH]2)cc1. The number of benzene rings is 2. The predicted molar refractivity (Wildman–Crippen MR) is 161 cm³/mol. The predicted octanol–water partition coefficient (Wildman–Crippen LogP) is 3.17. The van der Waals surface area contributed by atoms with Gasteiger partial charge in [0, 0.05) is 26.9 Å². The van der Waals surface area contributed by atoms with Gasteiger partial charge in [-0.2, -0.15) is 0 Å². The number of nitrogens with one attached hydrogen (secondary N) is 1. The summed E-state index contributed by atoms with van der Waals surface area (Å²) in [5, 5.41) is 9.91. The van der Waals surface area contributed by atoms with E-state index in [0.717, 1.165) is 24.2 Å². The summed E-state index contributed by atoms with van der Waals surface area (Å²) < 4.78 is 25.0. The van der Waals surface area contributed by atoms with Crippen molar-refractivity contribution in [2.75, 3.05) is 38.6 Å². The van der Waals surface area contributed by atoms with Crippen LogP contribution in [0.5, 0.6) is 0 Å².